The number of hydrogen-bond donors (Lipinski definition) is 1. The Labute approximate surface area is 158 Å². The average Bonchev–Trinajstić information content (AvgIpc) is 3.05. The Hall–Kier alpha value is -1.99. The molecule has 0 bridgehead atoms. The lowest BCUT2D eigenvalue weighted by molar-refractivity contribution is -0.863. The Morgan fingerprint density at radius 3 is 2.58 bits per heavy atom. The van der Waals surface area contributed by atoms with Crippen molar-refractivity contribution in [2.24, 2.45) is 0 Å². The molecule has 0 spiro atoms. The summed E-state index contributed by atoms with van der Waals surface area (Å²) in [5.74, 6) is 0.624. The highest BCUT2D eigenvalue weighted by Gasteiger charge is 2.27. The van der Waals surface area contributed by atoms with E-state index < -0.39 is 0 Å². The minimum atomic E-state index is 0.0462. The summed E-state index contributed by atoms with van der Waals surface area (Å²) in [4.78, 5) is 33.5. The number of benzene rings is 1. The maximum Gasteiger partial charge on any atom is 0.277 e. The van der Waals surface area contributed by atoms with Crippen LogP contribution in [0.25, 0.3) is 10.2 Å². The van der Waals surface area contributed by atoms with E-state index in [2.05, 4.69) is 12.1 Å². The molecule has 1 aromatic carbocycles. The Morgan fingerprint density at radius 2 is 1.92 bits per heavy atom. The van der Waals surface area contributed by atoms with E-state index >= 15 is 0 Å². The first-order valence-electron chi connectivity index (χ1n) is 9.08. The highest BCUT2D eigenvalue weighted by Crippen LogP contribution is 2.33. The summed E-state index contributed by atoms with van der Waals surface area (Å²) in [6.45, 7) is 2.26. The Bertz CT molecular complexity index is 748. The molecule has 26 heavy (non-hydrogen) atoms. The van der Waals surface area contributed by atoms with Crippen molar-refractivity contribution in [3.05, 3.63) is 29.3 Å². The second-order valence-electron chi connectivity index (χ2n) is 7.27. The molecule has 2 aromatic rings. The van der Waals surface area contributed by atoms with Gasteiger partial charge < -0.3 is 14.7 Å². The van der Waals surface area contributed by atoms with Gasteiger partial charge in [-0.1, -0.05) is 12.1 Å². The number of carbonyl (C=O) groups is 2. The lowest BCUT2D eigenvalue weighted by Crippen LogP contribution is -3.11. The summed E-state index contributed by atoms with van der Waals surface area (Å²) in [6.07, 6.45) is 1.92. The third kappa shape index (κ3) is 4.40. The highest BCUT2D eigenvalue weighted by molar-refractivity contribution is 7.18. The average molecular weight is 376 g/mol. The summed E-state index contributed by atoms with van der Waals surface area (Å²) < 4.78 is 1.23. The monoisotopic (exact) mass is 375 g/mol. The fourth-order valence-corrected chi connectivity index (χ4v) is 4.43. The van der Waals surface area contributed by atoms with Crippen molar-refractivity contribution in [1.29, 1.82) is 0 Å². The SMILES string of the molecule is CN(C)C(=O)C[NH+](C)CC(=O)N1CCC(c2nc3ccccc3s2)CC1. The molecule has 2 amide bonds. The van der Waals surface area contributed by atoms with Gasteiger partial charge in [0.1, 0.15) is 0 Å². The molecule has 0 saturated carbocycles. The quantitative estimate of drug-likeness (QED) is 0.833. The first-order chi connectivity index (χ1) is 12.4. The highest BCUT2D eigenvalue weighted by atomic mass is 32.1. The molecular formula is C19H27N4O2S+. The molecule has 1 saturated heterocycles. The fraction of sp³-hybridized carbons (Fsp3) is 0.526. The zero-order valence-corrected chi connectivity index (χ0v) is 16.5. The van der Waals surface area contributed by atoms with E-state index in [4.69, 9.17) is 4.98 Å². The number of likely N-dealkylation sites (tertiary alicyclic amines) is 1. The normalized spacial score (nSPS) is 16.7. The molecule has 1 aliphatic heterocycles. The lowest BCUT2D eigenvalue weighted by Gasteiger charge is -2.31. The summed E-state index contributed by atoms with van der Waals surface area (Å²) in [6, 6.07) is 8.24. The van der Waals surface area contributed by atoms with Crippen molar-refractivity contribution in [2.75, 3.05) is 47.3 Å². The van der Waals surface area contributed by atoms with Crippen molar-refractivity contribution in [3.63, 3.8) is 0 Å². The van der Waals surface area contributed by atoms with E-state index in [1.54, 1.807) is 30.3 Å². The largest absolute Gasteiger partial charge is 0.344 e. The predicted molar refractivity (Wildman–Crippen MR) is 103 cm³/mol. The van der Waals surface area contributed by atoms with Crippen LogP contribution in [0.1, 0.15) is 23.8 Å². The fourth-order valence-electron chi connectivity index (χ4n) is 3.29. The van der Waals surface area contributed by atoms with Crippen LogP contribution in [-0.2, 0) is 9.59 Å². The van der Waals surface area contributed by atoms with Gasteiger partial charge in [0.05, 0.1) is 22.3 Å². The summed E-state index contributed by atoms with van der Waals surface area (Å²) >= 11 is 1.77. The smallest absolute Gasteiger partial charge is 0.277 e. The van der Waals surface area contributed by atoms with Gasteiger partial charge in [-0.2, -0.15) is 0 Å². The molecule has 140 valence electrons. The molecule has 1 aromatic heterocycles. The summed E-state index contributed by atoms with van der Waals surface area (Å²) in [5, 5.41) is 1.19. The first kappa shape index (κ1) is 18.8. The summed E-state index contributed by atoms with van der Waals surface area (Å²) in [5.41, 5.74) is 1.07. The molecule has 2 heterocycles. The van der Waals surface area contributed by atoms with E-state index in [9.17, 15) is 9.59 Å². The van der Waals surface area contributed by atoms with Gasteiger partial charge in [-0.25, -0.2) is 4.98 Å². The number of likely N-dealkylation sites (N-methyl/N-ethyl adjacent to an activating group) is 2. The van der Waals surface area contributed by atoms with Gasteiger partial charge in [-0.05, 0) is 25.0 Å². The number of nitrogens with one attached hydrogen (secondary N) is 1. The van der Waals surface area contributed by atoms with Gasteiger partial charge in [0, 0.05) is 33.1 Å². The van der Waals surface area contributed by atoms with Crippen LogP contribution in [0.2, 0.25) is 0 Å². The van der Waals surface area contributed by atoms with Crippen molar-refractivity contribution in [2.45, 2.75) is 18.8 Å². The second kappa shape index (κ2) is 8.14. The van der Waals surface area contributed by atoms with E-state index in [1.165, 1.54) is 9.71 Å². The third-order valence-electron chi connectivity index (χ3n) is 4.91. The zero-order chi connectivity index (χ0) is 18.7. The van der Waals surface area contributed by atoms with Crippen molar-refractivity contribution in [1.82, 2.24) is 14.8 Å². The third-order valence-corrected chi connectivity index (χ3v) is 6.11. The standard InChI is InChI=1S/C19H26N4O2S/c1-21(2)17(24)12-22(3)13-18(25)23-10-8-14(9-11-23)19-20-15-6-4-5-7-16(15)26-19/h4-7,14H,8-13H2,1-3H3/p+1. The number of quaternary nitrogens is 1. The van der Waals surface area contributed by atoms with E-state index in [0.717, 1.165) is 36.3 Å². The number of thiazole rings is 1. The number of carbonyl (C=O) groups excluding carboxylic acids is 2. The number of nitrogens with zero attached hydrogens (tertiary/aromatic N) is 3. The number of para-hydroxylation sites is 1. The van der Waals surface area contributed by atoms with E-state index in [-0.39, 0.29) is 11.8 Å². The zero-order valence-electron chi connectivity index (χ0n) is 15.7. The lowest BCUT2D eigenvalue weighted by atomic mass is 9.97. The summed E-state index contributed by atoms with van der Waals surface area (Å²) in [7, 11) is 5.38. The maximum absolute atomic E-state index is 12.5. The molecule has 0 radical (unpaired) electrons. The topological polar surface area (TPSA) is 58.0 Å². The molecule has 6 nitrogen and oxygen atoms in total. The van der Waals surface area contributed by atoms with Crippen LogP contribution in [0.3, 0.4) is 0 Å². The minimum absolute atomic E-state index is 0.0462. The van der Waals surface area contributed by atoms with E-state index in [1.807, 2.05) is 24.1 Å². The van der Waals surface area contributed by atoms with Crippen LogP contribution in [0.5, 0.6) is 0 Å². The van der Waals surface area contributed by atoms with Gasteiger partial charge in [-0.3, -0.25) is 9.59 Å². The van der Waals surface area contributed by atoms with Crippen LogP contribution in [0.15, 0.2) is 24.3 Å². The van der Waals surface area contributed by atoms with Crippen LogP contribution < -0.4 is 4.90 Å². The van der Waals surface area contributed by atoms with Gasteiger partial charge in [-0.15, -0.1) is 11.3 Å². The Morgan fingerprint density at radius 1 is 1.23 bits per heavy atom. The predicted octanol–water partition coefficient (Wildman–Crippen LogP) is 0.605. The first-order valence-corrected chi connectivity index (χ1v) is 9.90. The number of fused-ring (bicyclic) bond motifs is 1. The maximum atomic E-state index is 12.5. The van der Waals surface area contributed by atoms with Gasteiger partial charge >= 0.3 is 0 Å². The number of hydrogen-bond acceptors (Lipinski definition) is 4. The molecule has 1 N–H and O–H groups in total. The van der Waals surface area contributed by atoms with Crippen molar-refractivity contribution in [3.8, 4) is 0 Å². The number of aromatic nitrogens is 1. The van der Waals surface area contributed by atoms with Crippen molar-refractivity contribution < 1.29 is 14.5 Å². The molecule has 0 aliphatic carbocycles. The second-order valence-corrected chi connectivity index (χ2v) is 8.34. The van der Waals surface area contributed by atoms with E-state index in [0.29, 0.717) is 19.0 Å². The Kier molecular flexibility index (Phi) is 5.88. The molecule has 1 fully saturated rings. The molecule has 1 aliphatic rings. The molecule has 1 atom stereocenters. The minimum Gasteiger partial charge on any atom is -0.344 e. The molecule has 1 unspecified atom stereocenters. The van der Waals surface area contributed by atoms with Crippen LogP contribution in [0, 0.1) is 0 Å². The van der Waals surface area contributed by atoms with Gasteiger partial charge in [0.2, 0.25) is 0 Å². The molecule has 7 heteroatoms. The number of amides is 2. The van der Waals surface area contributed by atoms with Crippen molar-refractivity contribution >= 4 is 33.4 Å². The van der Waals surface area contributed by atoms with Crippen LogP contribution in [-0.4, -0.2) is 73.9 Å². The number of rotatable bonds is 5. The van der Waals surface area contributed by atoms with Crippen LogP contribution in [0.4, 0.5) is 0 Å². The molecular weight excluding hydrogens is 348 g/mol. The van der Waals surface area contributed by atoms with Gasteiger partial charge in [0.15, 0.2) is 13.1 Å². The van der Waals surface area contributed by atoms with Gasteiger partial charge in [0.25, 0.3) is 11.8 Å². The van der Waals surface area contributed by atoms with Crippen LogP contribution >= 0.6 is 11.3 Å². The number of piperidine rings is 1. The Balaban J connectivity index is 1.51. The molecule has 3 rings (SSSR count).